The number of sulfonamides is 1. The second-order valence-electron chi connectivity index (χ2n) is 7.10. The molecule has 0 heterocycles. The van der Waals surface area contributed by atoms with Gasteiger partial charge in [0, 0.05) is 0 Å². The molecule has 0 bridgehead atoms. The van der Waals surface area contributed by atoms with E-state index in [1.54, 1.807) is 49.4 Å². The molecule has 168 valence electrons. The highest BCUT2D eigenvalue weighted by molar-refractivity contribution is 7.92. The summed E-state index contributed by atoms with van der Waals surface area (Å²) in [4.78, 5) is 25.0. The van der Waals surface area contributed by atoms with E-state index < -0.39 is 21.9 Å². The fourth-order valence-corrected chi connectivity index (χ4v) is 4.25. The molecular weight excluding hydrogens is 416 g/mol. The fraction of sp³-hybridized carbons (Fsp3) is 0.391. The minimum absolute atomic E-state index is 0.00163. The van der Waals surface area contributed by atoms with Crippen LogP contribution in [-0.2, 0) is 14.8 Å². The fourth-order valence-electron chi connectivity index (χ4n) is 3.05. The molecular formula is C23H30N2O5S. The summed E-state index contributed by atoms with van der Waals surface area (Å²) in [7, 11) is -3.58. The number of rotatable bonds is 12. The molecule has 0 unspecified atom stereocenters. The number of anilines is 2. The van der Waals surface area contributed by atoms with Crippen molar-refractivity contribution in [1.82, 2.24) is 0 Å². The topological polar surface area (TPSA) is 102 Å². The van der Waals surface area contributed by atoms with Crippen molar-refractivity contribution in [1.29, 1.82) is 0 Å². The number of hydrogen-bond donors (Lipinski definition) is 2. The smallest absolute Gasteiger partial charge is 0.340 e. The van der Waals surface area contributed by atoms with Gasteiger partial charge in [0.25, 0.3) is 5.91 Å². The molecule has 1 amide bonds. The van der Waals surface area contributed by atoms with Gasteiger partial charge in [-0.05, 0) is 37.6 Å². The first kappa shape index (κ1) is 24.4. The summed E-state index contributed by atoms with van der Waals surface area (Å²) in [5.41, 5.74) is 0.875. The molecule has 2 aromatic carbocycles. The molecule has 0 aliphatic heterocycles. The van der Waals surface area contributed by atoms with Crippen molar-refractivity contribution in [3.63, 3.8) is 0 Å². The van der Waals surface area contributed by atoms with Gasteiger partial charge in [0.05, 0.1) is 34.9 Å². The third kappa shape index (κ3) is 7.71. The standard InChI is InChI=1S/C23H30N2O5S/c1-3-5-6-7-12-17-31(28,29)25-21-16-11-8-13-18(21)22(26)24-20-15-10-9-14-19(20)23(27)30-4-2/h8-11,13-16,25H,3-7,12,17H2,1-2H3,(H,24,26). The van der Waals surface area contributed by atoms with Crippen molar-refractivity contribution in [2.75, 3.05) is 22.4 Å². The number of esters is 1. The number of unbranched alkanes of at least 4 members (excludes halogenated alkanes) is 4. The Kier molecular flexibility index (Phi) is 9.52. The Morgan fingerprint density at radius 1 is 0.839 bits per heavy atom. The average molecular weight is 447 g/mol. The number of para-hydroxylation sites is 2. The minimum atomic E-state index is -3.58. The van der Waals surface area contributed by atoms with Gasteiger partial charge in [-0.1, -0.05) is 56.9 Å². The number of carbonyl (C=O) groups is 2. The van der Waals surface area contributed by atoms with Crippen molar-refractivity contribution in [2.24, 2.45) is 0 Å². The van der Waals surface area contributed by atoms with Gasteiger partial charge in [0.1, 0.15) is 0 Å². The molecule has 0 radical (unpaired) electrons. The van der Waals surface area contributed by atoms with Gasteiger partial charge >= 0.3 is 5.97 Å². The first-order valence-corrected chi connectivity index (χ1v) is 12.2. The summed E-state index contributed by atoms with van der Waals surface area (Å²) < 4.78 is 32.5. The molecule has 31 heavy (non-hydrogen) atoms. The first-order valence-electron chi connectivity index (χ1n) is 10.5. The lowest BCUT2D eigenvalue weighted by molar-refractivity contribution is 0.0527. The number of nitrogens with one attached hydrogen (secondary N) is 2. The van der Waals surface area contributed by atoms with Crippen LogP contribution in [0.1, 0.15) is 66.7 Å². The van der Waals surface area contributed by atoms with Gasteiger partial charge in [-0.25, -0.2) is 13.2 Å². The zero-order valence-electron chi connectivity index (χ0n) is 18.0. The molecule has 0 spiro atoms. The van der Waals surface area contributed by atoms with Crippen LogP contribution in [-0.4, -0.2) is 32.7 Å². The summed E-state index contributed by atoms with van der Waals surface area (Å²) in [6, 6.07) is 12.9. The molecule has 8 heteroatoms. The molecule has 7 nitrogen and oxygen atoms in total. The predicted octanol–water partition coefficient (Wildman–Crippen LogP) is 4.83. The Labute approximate surface area is 184 Å². The van der Waals surface area contributed by atoms with E-state index in [9.17, 15) is 18.0 Å². The van der Waals surface area contributed by atoms with E-state index in [1.165, 1.54) is 6.07 Å². The van der Waals surface area contributed by atoms with Gasteiger partial charge in [-0.2, -0.15) is 0 Å². The van der Waals surface area contributed by atoms with Crippen LogP contribution in [0.5, 0.6) is 0 Å². The van der Waals surface area contributed by atoms with Crippen LogP contribution in [0.3, 0.4) is 0 Å². The lowest BCUT2D eigenvalue weighted by Gasteiger charge is -2.14. The monoisotopic (exact) mass is 446 g/mol. The SMILES string of the molecule is CCCCCCCS(=O)(=O)Nc1ccccc1C(=O)Nc1ccccc1C(=O)OCC. The zero-order valence-corrected chi connectivity index (χ0v) is 18.8. The molecule has 0 saturated heterocycles. The quantitative estimate of drug-likeness (QED) is 0.359. The highest BCUT2D eigenvalue weighted by Gasteiger charge is 2.19. The van der Waals surface area contributed by atoms with Crippen LogP contribution < -0.4 is 10.0 Å². The average Bonchev–Trinajstić information content (AvgIpc) is 2.74. The highest BCUT2D eigenvalue weighted by atomic mass is 32.2. The Balaban J connectivity index is 2.13. The van der Waals surface area contributed by atoms with E-state index in [0.29, 0.717) is 12.1 Å². The summed E-state index contributed by atoms with van der Waals surface area (Å²) in [5, 5.41) is 2.68. The van der Waals surface area contributed by atoms with Gasteiger partial charge in [0.15, 0.2) is 0 Å². The molecule has 0 fully saturated rings. The van der Waals surface area contributed by atoms with Crippen LogP contribution in [0.15, 0.2) is 48.5 Å². The van der Waals surface area contributed by atoms with Gasteiger partial charge < -0.3 is 10.1 Å². The van der Waals surface area contributed by atoms with Crippen molar-refractivity contribution in [2.45, 2.75) is 46.0 Å². The number of hydrogen-bond acceptors (Lipinski definition) is 5. The number of ether oxygens (including phenoxy) is 1. The molecule has 0 aromatic heterocycles. The molecule has 0 atom stereocenters. The second-order valence-corrected chi connectivity index (χ2v) is 8.94. The normalized spacial score (nSPS) is 11.0. The zero-order chi connectivity index (χ0) is 22.7. The maximum Gasteiger partial charge on any atom is 0.340 e. The molecule has 0 aliphatic rings. The van der Waals surface area contributed by atoms with Gasteiger partial charge in [-0.15, -0.1) is 0 Å². The largest absolute Gasteiger partial charge is 0.462 e. The molecule has 2 N–H and O–H groups in total. The number of amides is 1. The first-order chi connectivity index (χ1) is 14.9. The number of carbonyl (C=O) groups excluding carboxylic acids is 2. The summed E-state index contributed by atoms with van der Waals surface area (Å²) >= 11 is 0. The van der Waals surface area contributed by atoms with E-state index in [1.807, 2.05) is 0 Å². The maximum atomic E-state index is 12.9. The Morgan fingerprint density at radius 2 is 1.45 bits per heavy atom. The molecule has 0 saturated carbocycles. The van der Waals surface area contributed by atoms with Gasteiger partial charge in [-0.3, -0.25) is 9.52 Å². The van der Waals surface area contributed by atoms with E-state index in [4.69, 9.17) is 4.74 Å². The highest BCUT2D eigenvalue weighted by Crippen LogP contribution is 2.22. The van der Waals surface area contributed by atoms with Crippen LogP contribution in [0.4, 0.5) is 11.4 Å². The van der Waals surface area contributed by atoms with Crippen molar-refractivity contribution >= 4 is 33.3 Å². The summed E-state index contributed by atoms with van der Waals surface area (Å²) in [6.07, 6.45) is 4.60. The van der Waals surface area contributed by atoms with Crippen LogP contribution in [0, 0.1) is 0 Å². The van der Waals surface area contributed by atoms with Crippen LogP contribution in [0.25, 0.3) is 0 Å². The molecule has 2 rings (SSSR count). The van der Waals surface area contributed by atoms with Crippen molar-refractivity contribution < 1.29 is 22.7 Å². The third-order valence-corrected chi connectivity index (χ3v) is 5.98. The van der Waals surface area contributed by atoms with E-state index in [2.05, 4.69) is 17.0 Å². The van der Waals surface area contributed by atoms with Crippen LogP contribution >= 0.6 is 0 Å². The van der Waals surface area contributed by atoms with E-state index in [-0.39, 0.29) is 29.2 Å². The number of benzene rings is 2. The second kappa shape index (κ2) is 12.1. The van der Waals surface area contributed by atoms with Crippen molar-refractivity contribution in [3.05, 3.63) is 59.7 Å². The summed E-state index contributed by atoms with van der Waals surface area (Å²) in [5.74, 6) is -1.08. The Hall–Kier alpha value is -2.87. The lowest BCUT2D eigenvalue weighted by Crippen LogP contribution is -2.21. The summed E-state index contributed by atoms with van der Waals surface area (Å²) in [6.45, 7) is 4.01. The third-order valence-electron chi connectivity index (χ3n) is 4.62. The Morgan fingerprint density at radius 3 is 2.13 bits per heavy atom. The predicted molar refractivity (Wildman–Crippen MR) is 123 cm³/mol. The molecule has 2 aromatic rings. The van der Waals surface area contributed by atoms with E-state index in [0.717, 1.165) is 25.7 Å². The van der Waals surface area contributed by atoms with Gasteiger partial charge in [0.2, 0.25) is 10.0 Å². The Bertz CT molecular complexity index is 989. The lowest BCUT2D eigenvalue weighted by atomic mass is 10.1. The minimum Gasteiger partial charge on any atom is -0.462 e. The maximum absolute atomic E-state index is 12.9. The van der Waals surface area contributed by atoms with Crippen LogP contribution in [0.2, 0.25) is 0 Å². The van der Waals surface area contributed by atoms with Crippen molar-refractivity contribution in [3.8, 4) is 0 Å². The van der Waals surface area contributed by atoms with E-state index >= 15 is 0 Å². The molecule has 0 aliphatic carbocycles.